The van der Waals surface area contributed by atoms with Gasteiger partial charge in [0.2, 0.25) is 0 Å². The van der Waals surface area contributed by atoms with Gasteiger partial charge in [0, 0.05) is 26.1 Å². The van der Waals surface area contributed by atoms with Crippen LogP contribution in [0.3, 0.4) is 0 Å². The summed E-state index contributed by atoms with van der Waals surface area (Å²) in [6, 6.07) is 10.5. The van der Waals surface area contributed by atoms with E-state index in [9.17, 15) is 4.79 Å². The highest BCUT2D eigenvalue weighted by atomic mass is 16.6. The third-order valence-electron chi connectivity index (χ3n) is 11.5. The normalized spacial score (nSPS) is 43.4. The van der Waals surface area contributed by atoms with Crippen LogP contribution in [0.15, 0.2) is 42.0 Å². The van der Waals surface area contributed by atoms with Crippen LogP contribution in [0.5, 0.6) is 0 Å². The summed E-state index contributed by atoms with van der Waals surface area (Å²) in [5, 5.41) is 0. The van der Waals surface area contributed by atoms with E-state index in [1.807, 2.05) is 30.3 Å². The van der Waals surface area contributed by atoms with Crippen molar-refractivity contribution in [2.45, 2.75) is 83.5 Å². The highest BCUT2D eigenvalue weighted by Gasteiger charge is 2.64. The van der Waals surface area contributed by atoms with Gasteiger partial charge in [-0.3, -0.25) is 0 Å². The van der Waals surface area contributed by atoms with Crippen LogP contribution in [0.25, 0.3) is 0 Å². The topological polar surface area (TPSA) is 38.8 Å². The van der Waals surface area contributed by atoms with Gasteiger partial charge in [-0.2, -0.15) is 0 Å². The van der Waals surface area contributed by atoms with E-state index in [-0.39, 0.29) is 17.5 Å². The molecule has 1 unspecified atom stereocenters. The van der Waals surface area contributed by atoms with E-state index in [1.165, 1.54) is 38.6 Å². The van der Waals surface area contributed by atoms with E-state index in [4.69, 9.17) is 9.47 Å². The van der Waals surface area contributed by atoms with Crippen molar-refractivity contribution in [3.05, 3.63) is 47.5 Å². The number of hydrogen-bond donors (Lipinski definition) is 0. The molecule has 1 aliphatic heterocycles. The second-order valence-electron chi connectivity index (χ2n) is 12.7. The molecule has 0 radical (unpaired) electrons. The van der Waals surface area contributed by atoms with Crippen molar-refractivity contribution in [2.24, 2.45) is 34.5 Å². The van der Waals surface area contributed by atoms with Crippen LogP contribution in [-0.2, 0) is 14.3 Å². The van der Waals surface area contributed by atoms with Gasteiger partial charge in [-0.1, -0.05) is 48.9 Å². The van der Waals surface area contributed by atoms with Crippen LogP contribution in [-0.4, -0.2) is 43.7 Å². The number of allylic oxidation sites excluding steroid dienone is 1. The second kappa shape index (κ2) is 8.73. The average Bonchev–Trinajstić information content (AvgIpc) is 3.34. The lowest BCUT2D eigenvalue weighted by Crippen LogP contribution is -2.51. The Morgan fingerprint density at radius 1 is 1.06 bits per heavy atom. The fourth-order valence-electron chi connectivity index (χ4n) is 9.75. The molecule has 1 aromatic carbocycles. The summed E-state index contributed by atoms with van der Waals surface area (Å²) in [5.41, 5.74) is 3.29. The maximum atomic E-state index is 13.0. The number of fused-ring (bicyclic) bond motifs is 4. The molecule has 1 saturated heterocycles. The van der Waals surface area contributed by atoms with E-state index < -0.39 is 6.10 Å². The molecule has 4 heteroatoms. The van der Waals surface area contributed by atoms with Gasteiger partial charge in [0.05, 0.1) is 0 Å². The lowest BCUT2D eigenvalue weighted by atomic mass is 9.47. The van der Waals surface area contributed by atoms with Crippen LogP contribution in [0, 0.1) is 34.5 Å². The third-order valence-corrected chi connectivity index (χ3v) is 11.5. The first-order valence-corrected chi connectivity index (χ1v) is 14.1. The lowest BCUT2D eigenvalue weighted by molar-refractivity contribution is -0.163. The first-order chi connectivity index (χ1) is 16.9. The predicted molar refractivity (Wildman–Crippen MR) is 138 cm³/mol. The molecule has 1 aromatic rings. The molecule has 4 aliphatic carbocycles. The van der Waals surface area contributed by atoms with Gasteiger partial charge >= 0.3 is 5.97 Å². The van der Waals surface area contributed by atoms with Crippen LogP contribution >= 0.6 is 0 Å². The Labute approximate surface area is 211 Å². The fraction of sp³-hybridized carbons (Fsp3) is 0.710. The highest BCUT2D eigenvalue weighted by molar-refractivity contribution is 5.76. The Morgan fingerprint density at radius 3 is 2.60 bits per heavy atom. The molecule has 0 amide bonds. The Bertz CT molecular complexity index is 990. The number of methoxy groups -OCH3 is 1. The minimum atomic E-state index is -0.647. The van der Waals surface area contributed by atoms with Crippen LogP contribution in [0.2, 0.25) is 0 Å². The molecular weight excluding hydrogens is 434 g/mol. The van der Waals surface area contributed by atoms with Crippen molar-refractivity contribution >= 4 is 5.97 Å². The molecule has 9 atom stereocenters. The monoisotopic (exact) mass is 477 g/mol. The van der Waals surface area contributed by atoms with Gasteiger partial charge in [0.15, 0.2) is 6.10 Å². The summed E-state index contributed by atoms with van der Waals surface area (Å²) >= 11 is 0. The summed E-state index contributed by atoms with van der Waals surface area (Å²) in [4.78, 5) is 15.7. The number of ether oxygens (including phenoxy) is 2. The lowest BCUT2D eigenvalue weighted by Gasteiger charge is -2.58. The van der Waals surface area contributed by atoms with Crippen molar-refractivity contribution < 1.29 is 14.3 Å². The maximum absolute atomic E-state index is 13.0. The van der Waals surface area contributed by atoms with E-state index in [2.05, 4.69) is 31.9 Å². The summed E-state index contributed by atoms with van der Waals surface area (Å²) in [5.74, 6) is 3.20. The molecule has 0 aromatic heterocycles. The minimum Gasteiger partial charge on any atom is -0.460 e. The van der Waals surface area contributed by atoms with Gasteiger partial charge < -0.3 is 14.4 Å². The van der Waals surface area contributed by atoms with Crippen molar-refractivity contribution in [1.29, 1.82) is 0 Å². The van der Waals surface area contributed by atoms with Crippen molar-refractivity contribution in [3.63, 3.8) is 0 Å². The SMILES string of the molecule is COC(C(=O)O[C@H]1CC[C@@]2(C)C(=CC[C@H]3[C@@H]4CC[C@@H]5[C@H](C)N(C)C[C@@]54CC[C@@H]32)C1)c1ccccc1. The molecule has 4 nitrogen and oxygen atoms in total. The van der Waals surface area contributed by atoms with Crippen LogP contribution in [0.4, 0.5) is 0 Å². The molecule has 0 bridgehead atoms. The molecule has 4 fully saturated rings. The smallest absolute Gasteiger partial charge is 0.340 e. The van der Waals surface area contributed by atoms with Crippen molar-refractivity contribution in [1.82, 2.24) is 4.90 Å². The predicted octanol–water partition coefficient (Wildman–Crippen LogP) is 6.18. The number of esters is 1. The number of carbonyl (C=O) groups excluding carboxylic acids is 1. The Balaban J connectivity index is 1.17. The molecule has 1 spiro atoms. The maximum Gasteiger partial charge on any atom is 0.340 e. The number of rotatable bonds is 4. The number of hydrogen-bond acceptors (Lipinski definition) is 4. The number of likely N-dealkylation sites (tertiary alicyclic amines) is 1. The van der Waals surface area contributed by atoms with Crippen molar-refractivity contribution in [2.75, 3.05) is 20.7 Å². The molecular formula is C31H43NO3. The summed E-state index contributed by atoms with van der Waals surface area (Å²) in [6.45, 7) is 6.34. The molecule has 1 heterocycles. The molecule has 35 heavy (non-hydrogen) atoms. The Hall–Kier alpha value is -1.65. The van der Waals surface area contributed by atoms with E-state index in [1.54, 1.807) is 12.7 Å². The zero-order valence-corrected chi connectivity index (χ0v) is 22.0. The van der Waals surface area contributed by atoms with Gasteiger partial charge in [-0.05, 0) is 99.0 Å². The summed E-state index contributed by atoms with van der Waals surface area (Å²) < 4.78 is 11.6. The number of benzene rings is 1. The van der Waals surface area contributed by atoms with Crippen molar-refractivity contribution in [3.8, 4) is 0 Å². The third kappa shape index (κ3) is 3.57. The van der Waals surface area contributed by atoms with Crippen LogP contribution in [0.1, 0.15) is 76.9 Å². The Morgan fingerprint density at radius 2 is 1.83 bits per heavy atom. The molecule has 3 saturated carbocycles. The fourth-order valence-corrected chi connectivity index (χ4v) is 9.75. The first-order valence-electron chi connectivity index (χ1n) is 14.1. The van der Waals surface area contributed by atoms with Gasteiger partial charge in [-0.15, -0.1) is 0 Å². The minimum absolute atomic E-state index is 0.0325. The zero-order valence-electron chi connectivity index (χ0n) is 22.0. The van der Waals surface area contributed by atoms with E-state index >= 15 is 0 Å². The molecule has 0 N–H and O–H groups in total. The first kappa shape index (κ1) is 23.7. The van der Waals surface area contributed by atoms with Gasteiger partial charge in [-0.25, -0.2) is 4.79 Å². The van der Waals surface area contributed by atoms with E-state index in [0.29, 0.717) is 5.41 Å². The number of carbonyl (C=O) groups is 1. The van der Waals surface area contributed by atoms with Gasteiger partial charge in [0.25, 0.3) is 0 Å². The van der Waals surface area contributed by atoms with Crippen LogP contribution < -0.4 is 0 Å². The van der Waals surface area contributed by atoms with Gasteiger partial charge in [0.1, 0.15) is 6.10 Å². The molecule has 6 rings (SSSR count). The Kier molecular flexibility index (Phi) is 5.92. The van der Waals surface area contributed by atoms with E-state index in [0.717, 1.165) is 54.5 Å². The quantitative estimate of drug-likeness (QED) is 0.383. The zero-order chi connectivity index (χ0) is 24.4. The summed E-state index contributed by atoms with van der Waals surface area (Å²) in [7, 11) is 3.95. The average molecular weight is 478 g/mol. The molecule has 190 valence electrons. The number of nitrogens with zero attached hydrogens (tertiary/aromatic N) is 1. The molecule has 5 aliphatic rings. The highest BCUT2D eigenvalue weighted by Crippen LogP contribution is 2.68. The summed E-state index contributed by atoms with van der Waals surface area (Å²) in [6.07, 6.45) is 11.8. The largest absolute Gasteiger partial charge is 0.460 e. The second-order valence-corrected chi connectivity index (χ2v) is 12.7. The standard InChI is InChI=1S/C31H43NO3/c1-20-25-12-13-27-24-11-10-22-18-23(35-29(33)28(34-4)21-8-6-5-7-9-21)14-16-30(22,2)26(24)15-17-31(25,27)19-32(20)3/h5-10,20,23-28H,11-19H2,1-4H3/t20-,23-,24+,25+,26-,27-,28?,30-,31-/m0/s1.